The van der Waals surface area contributed by atoms with Crippen molar-refractivity contribution in [2.75, 3.05) is 5.32 Å². The lowest BCUT2D eigenvalue weighted by Gasteiger charge is -2.17. The van der Waals surface area contributed by atoms with E-state index in [-0.39, 0.29) is 11.8 Å². The highest BCUT2D eigenvalue weighted by atomic mass is 16.4. The number of aromatic hydroxyl groups is 1. The van der Waals surface area contributed by atoms with E-state index in [0.29, 0.717) is 11.1 Å². The Hall–Kier alpha value is -2.69. The molecule has 108 valence electrons. The minimum absolute atomic E-state index is 0.0679. The van der Waals surface area contributed by atoms with Crippen molar-refractivity contribution in [1.82, 2.24) is 4.98 Å². The number of hydrogen-bond acceptors (Lipinski definition) is 4. The highest BCUT2D eigenvalue weighted by Crippen LogP contribution is 2.28. The molecule has 0 radical (unpaired) electrons. The van der Waals surface area contributed by atoms with Crippen molar-refractivity contribution in [2.45, 2.75) is 19.9 Å². The van der Waals surface area contributed by atoms with E-state index in [0.717, 1.165) is 16.8 Å². The van der Waals surface area contributed by atoms with Crippen LogP contribution in [-0.2, 0) is 0 Å². The van der Waals surface area contributed by atoms with Gasteiger partial charge in [-0.05, 0) is 43.7 Å². The van der Waals surface area contributed by atoms with Crippen LogP contribution in [0.4, 0.5) is 5.69 Å². The molecule has 21 heavy (non-hydrogen) atoms. The third kappa shape index (κ3) is 2.63. The normalized spacial score (nSPS) is 12.5. The lowest BCUT2D eigenvalue weighted by Crippen LogP contribution is -2.06. The second-order valence-electron chi connectivity index (χ2n) is 5.15. The fraction of sp³-hybridized carbons (Fsp3) is 0.188. The molecule has 0 fully saturated rings. The van der Waals surface area contributed by atoms with Gasteiger partial charge in [0.15, 0.2) is 5.58 Å². The Bertz CT molecular complexity index is 848. The van der Waals surface area contributed by atoms with Gasteiger partial charge < -0.3 is 14.8 Å². The first-order valence-corrected chi connectivity index (χ1v) is 6.72. The summed E-state index contributed by atoms with van der Waals surface area (Å²) in [5, 5.41) is 13.3. The fourth-order valence-electron chi connectivity index (χ4n) is 2.39. The lowest BCUT2D eigenvalue weighted by molar-refractivity contribution is 0.465. The zero-order valence-electron chi connectivity index (χ0n) is 11.8. The number of phenolic OH excluding ortho intramolecular Hbond substituents is 1. The summed E-state index contributed by atoms with van der Waals surface area (Å²) >= 11 is 0. The molecule has 0 aliphatic rings. The number of benzene rings is 2. The van der Waals surface area contributed by atoms with Gasteiger partial charge in [-0.15, -0.1) is 0 Å². The molecule has 0 bridgehead atoms. The summed E-state index contributed by atoms with van der Waals surface area (Å²) < 4.78 is 4.97. The fourth-order valence-corrected chi connectivity index (χ4v) is 2.39. The molecule has 0 aliphatic carbocycles. The number of oxazole rings is 1. The van der Waals surface area contributed by atoms with E-state index in [9.17, 15) is 9.90 Å². The average Bonchev–Trinajstić information content (AvgIpc) is 2.77. The van der Waals surface area contributed by atoms with Gasteiger partial charge in [0.1, 0.15) is 5.75 Å². The second-order valence-corrected chi connectivity index (χ2v) is 5.15. The van der Waals surface area contributed by atoms with Crippen LogP contribution < -0.4 is 11.1 Å². The van der Waals surface area contributed by atoms with Gasteiger partial charge in [0.2, 0.25) is 0 Å². The number of H-pyrrole nitrogens is 1. The van der Waals surface area contributed by atoms with Gasteiger partial charge in [-0.2, -0.15) is 0 Å². The van der Waals surface area contributed by atoms with E-state index in [1.54, 1.807) is 12.1 Å². The summed E-state index contributed by atoms with van der Waals surface area (Å²) in [5.41, 5.74) is 3.84. The molecule has 0 aliphatic heterocycles. The van der Waals surface area contributed by atoms with Gasteiger partial charge in [0, 0.05) is 11.3 Å². The molecule has 0 saturated heterocycles. The number of aromatic nitrogens is 1. The minimum Gasteiger partial charge on any atom is -0.508 e. The topological polar surface area (TPSA) is 78.3 Å². The van der Waals surface area contributed by atoms with E-state index in [1.807, 2.05) is 38.1 Å². The molecule has 0 amide bonds. The van der Waals surface area contributed by atoms with Crippen molar-refractivity contribution in [3.63, 3.8) is 0 Å². The van der Waals surface area contributed by atoms with Crippen LogP contribution in [-0.4, -0.2) is 10.1 Å². The summed E-state index contributed by atoms with van der Waals surface area (Å²) in [6.45, 7) is 3.90. The Morgan fingerprint density at radius 1 is 1.24 bits per heavy atom. The van der Waals surface area contributed by atoms with Gasteiger partial charge in [-0.1, -0.05) is 12.1 Å². The predicted molar refractivity (Wildman–Crippen MR) is 81.7 cm³/mol. The number of aryl methyl sites for hydroxylation is 1. The largest absolute Gasteiger partial charge is 0.508 e. The Labute approximate surface area is 121 Å². The zero-order chi connectivity index (χ0) is 15.0. The van der Waals surface area contributed by atoms with Crippen LogP contribution in [0.1, 0.15) is 24.1 Å². The van der Waals surface area contributed by atoms with Crippen LogP contribution in [0.25, 0.3) is 11.1 Å². The SMILES string of the molecule is Cc1ccc(C(C)Nc2ccc3oc(=O)[nH]c3c2)c(O)c1. The highest BCUT2D eigenvalue weighted by molar-refractivity contribution is 5.77. The van der Waals surface area contributed by atoms with Crippen molar-refractivity contribution in [3.05, 3.63) is 58.1 Å². The molecule has 1 atom stereocenters. The molecule has 0 spiro atoms. The summed E-state index contributed by atoms with van der Waals surface area (Å²) in [4.78, 5) is 13.8. The van der Waals surface area contributed by atoms with Crippen LogP contribution in [0.15, 0.2) is 45.6 Å². The highest BCUT2D eigenvalue weighted by Gasteiger charge is 2.11. The molecular formula is C16H16N2O3. The monoisotopic (exact) mass is 284 g/mol. The molecule has 5 nitrogen and oxygen atoms in total. The molecule has 1 unspecified atom stereocenters. The van der Waals surface area contributed by atoms with Crippen molar-refractivity contribution < 1.29 is 9.52 Å². The predicted octanol–water partition coefficient (Wildman–Crippen LogP) is 3.31. The molecule has 2 aromatic carbocycles. The van der Waals surface area contributed by atoms with Gasteiger partial charge in [0.25, 0.3) is 0 Å². The Balaban J connectivity index is 1.88. The first kappa shape index (κ1) is 13.3. The van der Waals surface area contributed by atoms with Crippen molar-refractivity contribution >= 4 is 16.8 Å². The van der Waals surface area contributed by atoms with Crippen LogP contribution in [0.2, 0.25) is 0 Å². The molecular weight excluding hydrogens is 268 g/mol. The van der Waals surface area contributed by atoms with E-state index < -0.39 is 5.76 Å². The minimum atomic E-state index is -0.466. The summed E-state index contributed by atoms with van der Waals surface area (Å²) in [5.74, 6) is -0.195. The number of anilines is 1. The quantitative estimate of drug-likeness (QED) is 0.689. The Kier molecular flexibility index (Phi) is 3.17. The van der Waals surface area contributed by atoms with Gasteiger partial charge in [-0.3, -0.25) is 4.98 Å². The van der Waals surface area contributed by atoms with Gasteiger partial charge in [-0.25, -0.2) is 4.79 Å². The van der Waals surface area contributed by atoms with Gasteiger partial charge in [0.05, 0.1) is 11.6 Å². The number of fused-ring (bicyclic) bond motifs is 1. The van der Waals surface area contributed by atoms with Crippen LogP contribution in [0, 0.1) is 6.92 Å². The second kappa shape index (κ2) is 5.01. The third-order valence-electron chi connectivity index (χ3n) is 3.45. The van der Waals surface area contributed by atoms with E-state index >= 15 is 0 Å². The number of phenols is 1. The first-order chi connectivity index (χ1) is 10.0. The average molecular weight is 284 g/mol. The van der Waals surface area contributed by atoms with E-state index in [2.05, 4.69) is 10.3 Å². The maximum Gasteiger partial charge on any atom is 0.417 e. The molecule has 3 N–H and O–H groups in total. The van der Waals surface area contributed by atoms with Gasteiger partial charge >= 0.3 is 5.76 Å². The lowest BCUT2D eigenvalue weighted by atomic mass is 10.0. The maximum absolute atomic E-state index is 11.1. The van der Waals surface area contributed by atoms with Crippen molar-refractivity contribution in [2.24, 2.45) is 0 Å². The zero-order valence-corrected chi connectivity index (χ0v) is 11.8. The number of aromatic amines is 1. The van der Waals surface area contributed by atoms with E-state index in [4.69, 9.17) is 4.42 Å². The summed E-state index contributed by atoms with van der Waals surface area (Å²) in [6.07, 6.45) is 0. The number of rotatable bonds is 3. The van der Waals surface area contributed by atoms with Crippen LogP contribution >= 0.6 is 0 Å². The number of nitrogens with one attached hydrogen (secondary N) is 2. The molecule has 0 saturated carbocycles. The van der Waals surface area contributed by atoms with Crippen molar-refractivity contribution in [3.8, 4) is 5.75 Å². The van der Waals surface area contributed by atoms with Crippen LogP contribution in [0.3, 0.4) is 0 Å². The Morgan fingerprint density at radius 3 is 2.81 bits per heavy atom. The smallest absolute Gasteiger partial charge is 0.417 e. The number of hydrogen-bond donors (Lipinski definition) is 3. The molecule has 1 aromatic heterocycles. The standard InChI is InChI=1S/C16H16N2O3/c1-9-3-5-12(14(19)7-9)10(2)17-11-4-6-15-13(8-11)18-16(20)21-15/h3-8,10,17,19H,1-2H3,(H,18,20). The Morgan fingerprint density at radius 2 is 2.05 bits per heavy atom. The van der Waals surface area contributed by atoms with Crippen molar-refractivity contribution in [1.29, 1.82) is 0 Å². The van der Waals surface area contributed by atoms with Crippen LogP contribution in [0.5, 0.6) is 5.75 Å². The molecule has 5 heteroatoms. The first-order valence-electron chi connectivity index (χ1n) is 6.72. The molecule has 3 aromatic rings. The summed E-state index contributed by atoms with van der Waals surface area (Å²) in [7, 11) is 0. The maximum atomic E-state index is 11.1. The third-order valence-corrected chi connectivity index (χ3v) is 3.45. The summed E-state index contributed by atoms with van der Waals surface area (Å²) in [6, 6.07) is 10.9. The molecule has 1 heterocycles. The molecule has 3 rings (SSSR count). The van der Waals surface area contributed by atoms with E-state index in [1.165, 1.54) is 0 Å².